The molecule has 0 aliphatic heterocycles. The molecule has 0 spiro atoms. The number of methoxy groups -OCH3 is 1. The zero-order valence-corrected chi connectivity index (χ0v) is 13.2. The van der Waals surface area contributed by atoms with Gasteiger partial charge in [-0.25, -0.2) is 4.79 Å². The highest BCUT2D eigenvalue weighted by Crippen LogP contribution is 2.16. The zero-order valence-electron chi connectivity index (χ0n) is 13.2. The van der Waals surface area contributed by atoms with Crippen LogP contribution in [0.3, 0.4) is 0 Å². The van der Waals surface area contributed by atoms with Crippen LogP contribution in [-0.4, -0.2) is 25.2 Å². The lowest BCUT2D eigenvalue weighted by Crippen LogP contribution is -2.01. The minimum atomic E-state index is -1.10. The molecule has 23 heavy (non-hydrogen) atoms. The van der Waals surface area contributed by atoms with Crippen molar-refractivity contribution in [3.05, 3.63) is 71.5 Å². The third-order valence-corrected chi connectivity index (χ3v) is 2.86. The fourth-order valence-corrected chi connectivity index (χ4v) is 1.76. The minimum absolute atomic E-state index is 0.104. The predicted octanol–water partition coefficient (Wildman–Crippen LogP) is 2.91. The van der Waals surface area contributed by atoms with Crippen molar-refractivity contribution in [2.24, 2.45) is 5.73 Å². The van der Waals surface area contributed by atoms with Gasteiger partial charge in [-0.1, -0.05) is 42.5 Å². The first-order valence-electron chi connectivity index (χ1n) is 7.02. The minimum Gasteiger partial charge on any atom is -0.490 e. The van der Waals surface area contributed by atoms with Crippen LogP contribution < -0.4 is 10.5 Å². The highest BCUT2D eigenvalue weighted by atomic mass is 16.5. The quantitative estimate of drug-likeness (QED) is 0.633. The van der Waals surface area contributed by atoms with Gasteiger partial charge in [0.05, 0.1) is 7.11 Å². The molecule has 2 aromatic rings. The van der Waals surface area contributed by atoms with Crippen LogP contribution in [0, 0.1) is 0 Å². The summed E-state index contributed by atoms with van der Waals surface area (Å²) in [6.45, 7) is 0.495. The lowest BCUT2D eigenvalue weighted by molar-refractivity contribution is -0.135. The van der Waals surface area contributed by atoms with Crippen molar-refractivity contribution in [1.29, 1.82) is 0 Å². The van der Waals surface area contributed by atoms with Crippen LogP contribution in [0.4, 0.5) is 0 Å². The molecule has 0 bridgehead atoms. The molecule has 5 heteroatoms. The third kappa shape index (κ3) is 6.23. The average Bonchev–Trinajstić information content (AvgIpc) is 2.61. The number of rotatable bonds is 6. The highest BCUT2D eigenvalue weighted by Gasteiger charge is 2.06. The summed E-state index contributed by atoms with van der Waals surface area (Å²) in [4.78, 5) is 10.8. The average molecular weight is 315 g/mol. The summed E-state index contributed by atoms with van der Waals surface area (Å²) in [5, 5.41) is 8.88. The van der Waals surface area contributed by atoms with Crippen LogP contribution in [0.15, 0.2) is 60.4 Å². The van der Waals surface area contributed by atoms with E-state index in [-0.39, 0.29) is 5.76 Å². The van der Waals surface area contributed by atoms with E-state index in [1.165, 1.54) is 20.2 Å². The van der Waals surface area contributed by atoms with Crippen molar-refractivity contribution >= 4 is 12.0 Å². The number of hydrogen-bond donors (Lipinski definition) is 2. The molecule has 0 saturated carbocycles. The predicted molar refractivity (Wildman–Crippen MR) is 89.9 cm³/mol. The Labute approximate surface area is 136 Å². The summed E-state index contributed by atoms with van der Waals surface area (Å²) in [6.07, 6.45) is 1.46. The van der Waals surface area contributed by atoms with E-state index in [4.69, 9.17) is 14.6 Å². The van der Waals surface area contributed by atoms with Crippen molar-refractivity contribution in [1.82, 2.24) is 0 Å². The molecular formula is C18H21NO4. The van der Waals surface area contributed by atoms with E-state index >= 15 is 0 Å². The molecule has 0 fully saturated rings. The number of aliphatic carboxylic acids is 1. The summed E-state index contributed by atoms with van der Waals surface area (Å²) in [5.41, 5.74) is 6.33. The fourth-order valence-electron chi connectivity index (χ4n) is 1.76. The smallest absolute Gasteiger partial charge is 0.371 e. The van der Waals surface area contributed by atoms with Crippen LogP contribution in [0.5, 0.6) is 5.75 Å². The molecule has 0 unspecified atom stereocenters. The third-order valence-electron chi connectivity index (χ3n) is 2.86. The molecule has 2 aromatic carbocycles. The summed E-state index contributed by atoms with van der Waals surface area (Å²) in [6, 6.07) is 17.0. The van der Waals surface area contributed by atoms with Gasteiger partial charge in [-0.15, -0.1) is 0 Å². The van der Waals surface area contributed by atoms with Crippen molar-refractivity contribution in [2.75, 3.05) is 14.2 Å². The Balaban J connectivity index is 0.00000127. The molecule has 122 valence electrons. The van der Waals surface area contributed by atoms with E-state index in [1.54, 1.807) is 24.3 Å². The van der Waals surface area contributed by atoms with Crippen molar-refractivity contribution in [2.45, 2.75) is 6.61 Å². The van der Waals surface area contributed by atoms with Gasteiger partial charge < -0.3 is 20.3 Å². The van der Waals surface area contributed by atoms with E-state index < -0.39 is 5.97 Å². The number of nitrogens with two attached hydrogens (primary N) is 1. The zero-order chi connectivity index (χ0) is 17.1. The van der Waals surface area contributed by atoms with Crippen LogP contribution in [0.25, 0.3) is 6.08 Å². The van der Waals surface area contributed by atoms with Gasteiger partial charge in [-0.05, 0) is 36.4 Å². The normalized spacial score (nSPS) is 10.3. The molecule has 0 aliphatic carbocycles. The van der Waals surface area contributed by atoms with Gasteiger partial charge in [0.2, 0.25) is 5.76 Å². The molecule has 0 atom stereocenters. The Morgan fingerprint density at radius 2 is 1.70 bits per heavy atom. The summed E-state index contributed by atoms with van der Waals surface area (Å²) >= 11 is 0. The molecule has 0 radical (unpaired) electrons. The second-order valence-electron chi connectivity index (χ2n) is 4.36. The molecule has 0 amide bonds. The second kappa shape index (κ2) is 10.0. The van der Waals surface area contributed by atoms with Crippen LogP contribution >= 0.6 is 0 Å². The topological polar surface area (TPSA) is 81.8 Å². The molecular weight excluding hydrogens is 294 g/mol. The van der Waals surface area contributed by atoms with E-state index in [0.717, 1.165) is 16.9 Å². The summed E-state index contributed by atoms with van der Waals surface area (Å²) in [7, 11) is 2.83. The van der Waals surface area contributed by atoms with E-state index in [2.05, 4.69) is 5.73 Å². The molecule has 0 aromatic heterocycles. The van der Waals surface area contributed by atoms with Gasteiger partial charge in [0.1, 0.15) is 12.4 Å². The maximum absolute atomic E-state index is 10.8. The van der Waals surface area contributed by atoms with Crippen LogP contribution in [0.1, 0.15) is 11.1 Å². The Bertz CT molecular complexity index is 621. The van der Waals surface area contributed by atoms with Crippen LogP contribution in [-0.2, 0) is 16.1 Å². The summed E-state index contributed by atoms with van der Waals surface area (Å²) in [5.74, 6) is -0.472. The van der Waals surface area contributed by atoms with Gasteiger partial charge in [0.15, 0.2) is 0 Å². The molecule has 5 nitrogen and oxygen atoms in total. The molecule has 0 saturated heterocycles. The van der Waals surface area contributed by atoms with Gasteiger partial charge in [0, 0.05) is 0 Å². The number of benzene rings is 2. The Morgan fingerprint density at radius 1 is 1.09 bits per heavy atom. The van der Waals surface area contributed by atoms with Crippen molar-refractivity contribution < 1.29 is 19.4 Å². The molecule has 2 rings (SSSR count). The largest absolute Gasteiger partial charge is 0.490 e. The Hall–Kier alpha value is -2.79. The second-order valence-corrected chi connectivity index (χ2v) is 4.36. The van der Waals surface area contributed by atoms with E-state index in [9.17, 15) is 4.79 Å². The van der Waals surface area contributed by atoms with Gasteiger partial charge in [-0.2, -0.15) is 0 Å². The molecule has 3 N–H and O–H groups in total. The lowest BCUT2D eigenvalue weighted by atomic mass is 10.2. The first-order valence-corrected chi connectivity index (χ1v) is 7.02. The Kier molecular flexibility index (Phi) is 7.96. The molecule has 0 heterocycles. The number of ether oxygens (including phenoxy) is 2. The van der Waals surface area contributed by atoms with Gasteiger partial charge >= 0.3 is 5.97 Å². The van der Waals surface area contributed by atoms with E-state index in [1.807, 2.05) is 30.3 Å². The number of carboxylic acids is 1. The van der Waals surface area contributed by atoms with Crippen LogP contribution in [0.2, 0.25) is 0 Å². The number of carboxylic acid groups (broad SMARTS) is 1. The maximum Gasteiger partial charge on any atom is 0.371 e. The SMILES string of the molecule is CN.CO/C(=C\c1ccc(OCc2ccccc2)cc1)C(=O)O. The first kappa shape index (κ1) is 18.3. The standard InChI is InChI=1S/C17H16O4.CH5N/c1-20-16(17(18)19)11-13-7-9-15(10-8-13)21-12-14-5-3-2-4-6-14;1-2/h2-11H,12H2,1H3,(H,18,19);2H2,1H3/b16-11-;. The number of carbonyl (C=O) groups is 1. The number of hydrogen-bond acceptors (Lipinski definition) is 4. The fraction of sp³-hybridized carbons (Fsp3) is 0.167. The van der Waals surface area contributed by atoms with E-state index in [0.29, 0.717) is 6.61 Å². The van der Waals surface area contributed by atoms with Crippen molar-refractivity contribution in [3.63, 3.8) is 0 Å². The summed E-state index contributed by atoms with van der Waals surface area (Å²) < 4.78 is 10.4. The maximum atomic E-state index is 10.8. The Morgan fingerprint density at radius 3 is 2.22 bits per heavy atom. The van der Waals surface area contributed by atoms with Gasteiger partial charge in [0.25, 0.3) is 0 Å². The van der Waals surface area contributed by atoms with Crippen molar-refractivity contribution in [3.8, 4) is 5.75 Å². The monoisotopic (exact) mass is 315 g/mol. The highest BCUT2D eigenvalue weighted by molar-refractivity contribution is 5.89. The first-order chi connectivity index (χ1) is 11.2. The van der Waals surface area contributed by atoms with Gasteiger partial charge in [-0.3, -0.25) is 0 Å². The molecule has 0 aliphatic rings. The lowest BCUT2D eigenvalue weighted by Gasteiger charge is -2.06.